The third kappa shape index (κ3) is 5.82. The fourth-order valence-corrected chi connectivity index (χ4v) is 3.63. The summed E-state index contributed by atoms with van der Waals surface area (Å²) >= 11 is 0. The molecule has 0 bridgehead atoms. The smallest absolute Gasteiger partial charge is 0.278 e. The van der Waals surface area contributed by atoms with Crippen LogP contribution in [-0.4, -0.2) is 43.1 Å². The first-order valence-corrected chi connectivity index (χ1v) is 11.6. The van der Waals surface area contributed by atoms with E-state index in [0.717, 1.165) is 22.6 Å². The van der Waals surface area contributed by atoms with Crippen molar-refractivity contribution in [3.63, 3.8) is 0 Å². The van der Waals surface area contributed by atoms with Gasteiger partial charge in [-0.3, -0.25) is 14.5 Å². The molecule has 1 N–H and O–H groups in total. The number of aryl methyl sites for hydroxylation is 1. The summed E-state index contributed by atoms with van der Waals surface area (Å²) in [6.45, 7) is 12.2. The van der Waals surface area contributed by atoms with Gasteiger partial charge in [-0.25, -0.2) is 0 Å². The van der Waals surface area contributed by atoms with Gasteiger partial charge in [0.15, 0.2) is 0 Å². The van der Waals surface area contributed by atoms with Gasteiger partial charge in [-0.15, -0.1) is 0 Å². The third-order valence-corrected chi connectivity index (χ3v) is 5.63. The molecule has 6 nitrogen and oxygen atoms in total. The number of nitrogens with zero attached hydrogens (tertiary/aromatic N) is 1. The number of benzene rings is 2. The highest BCUT2D eigenvalue weighted by Gasteiger charge is 2.39. The molecular formula is C27H34N2O4. The van der Waals surface area contributed by atoms with Crippen LogP contribution in [-0.2, 0) is 14.3 Å². The topological polar surface area (TPSA) is 67.9 Å². The van der Waals surface area contributed by atoms with Crippen molar-refractivity contribution in [3.05, 3.63) is 64.9 Å². The first kappa shape index (κ1) is 24.5. The lowest BCUT2D eigenvalue weighted by atomic mass is 10.0. The number of anilines is 1. The summed E-state index contributed by atoms with van der Waals surface area (Å²) in [5.74, 6) is 0.551. The molecule has 176 valence electrons. The maximum atomic E-state index is 13.4. The van der Waals surface area contributed by atoms with E-state index in [4.69, 9.17) is 9.47 Å². The highest BCUT2D eigenvalue weighted by Crippen LogP contribution is 2.32. The molecule has 0 radical (unpaired) electrons. The van der Waals surface area contributed by atoms with E-state index >= 15 is 0 Å². The zero-order valence-corrected chi connectivity index (χ0v) is 20.2. The van der Waals surface area contributed by atoms with Crippen molar-refractivity contribution in [2.24, 2.45) is 5.92 Å². The van der Waals surface area contributed by atoms with E-state index in [-0.39, 0.29) is 11.8 Å². The van der Waals surface area contributed by atoms with E-state index in [1.54, 1.807) is 0 Å². The Morgan fingerprint density at radius 2 is 1.73 bits per heavy atom. The lowest BCUT2D eigenvalue weighted by molar-refractivity contribution is -0.137. The van der Waals surface area contributed by atoms with Gasteiger partial charge in [0.05, 0.1) is 12.2 Å². The average Bonchev–Trinajstić information content (AvgIpc) is 3.02. The van der Waals surface area contributed by atoms with E-state index in [2.05, 4.69) is 19.2 Å². The summed E-state index contributed by atoms with van der Waals surface area (Å²) in [5, 5.41) is 3.27. The second-order valence-electron chi connectivity index (χ2n) is 8.66. The maximum Gasteiger partial charge on any atom is 0.278 e. The Morgan fingerprint density at radius 3 is 2.39 bits per heavy atom. The minimum atomic E-state index is -0.312. The summed E-state index contributed by atoms with van der Waals surface area (Å²) in [5.41, 5.74) is 4.34. The second kappa shape index (κ2) is 11.1. The lowest BCUT2D eigenvalue weighted by Crippen LogP contribution is -2.34. The predicted molar refractivity (Wildman–Crippen MR) is 131 cm³/mol. The van der Waals surface area contributed by atoms with Crippen molar-refractivity contribution < 1.29 is 19.1 Å². The average molecular weight is 451 g/mol. The molecule has 33 heavy (non-hydrogen) atoms. The number of rotatable bonds is 11. The largest absolute Gasteiger partial charge is 0.493 e. The Balaban J connectivity index is 1.93. The summed E-state index contributed by atoms with van der Waals surface area (Å²) in [4.78, 5) is 28.0. The standard InChI is InChI=1S/C27H34N2O4/c1-6-32-16-8-15-29-26(30)24(21-11-13-22(14-12-21)33-17-18(2)3)25(27(29)31)28-23-10-7-9-19(4)20(23)5/h7,9-14,18,28H,6,8,15-17H2,1-5H3. The number of amides is 2. The van der Waals surface area contributed by atoms with Crippen molar-refractivity contribution in [2.45, 2.75) is 41.0 Å². The Bertz CT molecular complexity index is 1020. The molecule has 3 rings (SSSR count). The highest BCUT2D eigenvalue weighted by atomic mass is 16.5. The van der Waals surface area contributed by atoms with Gasteiger partial charge in [0, 0.05) is 25.4 Å². The molecule has 0 aromatic heterocycles. The van der Waals surface area contributed by atoms with Gasteiger partial charge in [0.25, 0.3) is 11.8 Å². The van der Waals surface area contributed by atoms with Crippen molar-refractivity contribution in [2.75, 3.05) is 31.7 Å². The SMILES string of the molecule is CCOCCCN1C(=O)C(Nc2cccc(C)c2C)=C(c2ccc(OCC(C)C)cc2)C1=O. The molecule has 1 heterocycles. The van der Waals surface area contributed by atoms with Gasteiger partial charge in [-0.05, 0) is 68.0 Å². The van der Waals surface area contributed by atoms with Gasteiger partial charge in [-0.2, -0.15) is 0 Å². The quantitative estimate of drug-likeness (QED) is 0.387. The van der Waals surface area contributed by atoms with E-state index in [1.165, 1.54) is 4.90 Å². The lowest BCUT2D eigenvalue weighted by Gasteiger charge is -2.16. The maximum absolute atomic E-state index is 13.4. The number of ether oxygens (including phenoxy) is 2. The summed E-state index contributed by atoms with van der Waals surface area (Å²) in [6.07, 6.45) is 0.595. The van der Waals surface area contributed by atoms with E-state index in [9.17, 15) is 9.59 Å². The Kier molecular flexibility index (Phi) is 8.28. The van der Waals surface area contributed by atoms with Crippen molar-refractivity contribution in [1.82, 2.24) is 4.90 Å². The minimum Gasteiger partial charge on any atom is -0.493 e. The van der Waals surface area contributed by atoms with Gasteiger partial charge in [0.1, 0.15) is 11.4 Å². The van der Waals surface area contributed by atoms with Crippen LogP contribution in [0.3, 0.4) is 0 Å². The summed E-state index contributed by atoms with van der Waals surface area (Å²) in [7, 11) is 0. The predicted octanol–water partition coefficient (Wildman–Crippen LogP) is 4.96. The molecule has 0 aliphatic carbocycles. The normalized spacial score (nSPS) is 13.9. The van der Waals surface area contributed by atoms with Gasteiger partial charge < -0.3 is 14.8 Å². The number of hydrogen-bond donors (Lipinski definition) is 1. The van der Waals surface area contributed by atoms with Gasteiger partial charge >= 0.3 is 0 Å². The van der Waals surface area contributed by atoms with Crippen LogP contribution in [0.5, 0.6) is 5.75 Å². The molecule has 0 atom stereocenters. The van der Waals surface area contributed by atoms with E-state index in [1.807, 2.05) is 63.2 Å². The molecule has 2 amide bonds. The molecular weight excluding hydrogens is 416 g/mol. The van der Waals surface area contributed by atoms with Crippen LogP contribution in [0.25, 0.3) is 5.57 Å². The van der Waals surface area contributed by atoms with Crippen molar-refractivity contribution in [1.29, 1.82) is 0 Å². The molecule has 0 fully saturated rings. The van der Waals surface area contributed by atoms with Crippen molar-refractivity contribution in [3.8, 4) is 5.75 Å². The third-order valence-electron chi connectivity index (χ3n) is 5.63. The zero-order chi connectivity index (χ0) is 24.0. The molecule has 6 heteroatoms. The van der Waals surface area contributed by atoms with Crippen LogP contribution < -0.4 is 10.1 Å². The van der Waals surface area contributed by atoms with Crippen LogP contribution in [0.4, 0.5) is 5.69 Å². The number of hydrogen-bond acceptors (Lipinski definition) is 5. The van der Waals surface area contributed by atoms with Crippen LogP contribution in [0, 0.1) is 19.8 Å². The number of carbonyl (C=O) groups is 2. The fraction of sp³-hybridized carbons (Fsp3) is 0.407. The van der Waals surface area contributed by atoms with Crippen LogP contribution in [0.1, 0.15) is 43.9 Å². The Morgan fingerprint density at radius 1 is 1.00 bits per heavy atom. The van der Waals surface area contributed by atoms with Gasteiger partial charge in [0.2, 0.25) is 0 Å². The summed E-state index contributed by atoms with van der Waals surface area (Å²) < 4.78 is 11.2. The summed E-state index contributed by atoms with van der Waals surface area (Å²) in [6, 6.07) is 13.2. The van der Waals surface area contributed by atoms with Crippen LogP contribution >= 0.6 is 0 Å². The zero-order valence-electron chi connectivity index (χ0n) is 20.2. The minimum absolute atomic E-state index is 0.292. The number of carbonyl (C=O) groups excluding carboxylic acids is 2. The molecule has 0 saturated heterocycles. The number of imide groups is 1. The van der Waals surface area contributed by atoms with Crippen LogP contribution in [0.2, 0.25) is 0 Å². The Labute approximate surface area is 196 Å². The molecule has 1 aliphatic heterocycles. The first-order valence-electron chi connectivity index (χ1n) is 11.6. The molecule has 1 aliphatic rings. The molecule has 0 unspecified atom stereocenters. The molecule has 2 aromatic rings. The number of nitrogens with one attached hydrogen (secondary N) is 1. The highest BCUT2D eigenvalue weighted by molar-refractivity contribution is 6.36. The van der Waals surface area contributed by atoms with Crippen molar-refractivity contribution >= 4 is 23.1 Å². The van der Waals surface area contributed by atoms with E-state index in [0.29, 0.717) is 55.5 Å². The molecule has 0 saturated carbocycles. The molecule has 0 spiro atoms. The second-order valence-corrected chi connectivity index (χ2v) is 8.66. The Hall–Kier alpha value is -3.12. The fourth-order valence-electron chi connectivity index (χ4n) is 3.63. The van der Waals surface area contributed by atoms with E-state index < -0.39 is 0 Å². The monoisotopic (exact) mass is 450 g/mol. The van der Waals surface area contributed by atoms with Crippen LogP contribution in [0.15, 0.2) is 48.2 Å². The van der Waals surface area contributed by atoms with Gasteiger partial charge in [-0.1, -0.05) is 38.1 Å². The molecule has 2 aromatic carbocycles. The first-order chi connectivity index (χ1) is 15.8.